The number of aromatic nitrogens is 2. The number of nitrogens with zero attached hydrogens (tertiary/aromatic N) is 4. The number of piperazine rings is 1. The minimum absolute atomic E-state index is 0.418. The Labute approximate surface area is 99.9 Å². The van der Waals surface area contributed by atoms with Crippen LogP contribution in [0, 0.1) is 0 Å². The summed E-state index contributed by atoms with van der Waals surface area (Å²) in [6, 6.07) is -0.418. The molecule has 0 spiro atoms. The summed E-state index contributed by atoms with van der Waals surface area (Å²) in [7, 11) is 0. The first-order chi connectivity index (χ1) is 8.18. The van der Waals surface area contributed by atoms with Gasteiger partial charge in [-0.25, -0.2) is 4.98 Å². The Bertz CT molecular complexity index is 376. The van der Waals surface area contributed by atoms with Gasteiger partial charge in [0.15, 0.2) is 0 Å². The van der Waals surface area contributed by atoms with E-state index in [-0.39, 0.29) is 0 Å². The maximum atomic E-state index is 10.9. The van der Waals surface area contributed by atoms with Crippen molar-refractivity contribution in [2.24, 2.45) is 0 Å². The number of anilines is 1. The first kappa shape index (κ1) is 11.8. The number of hydrogen-bond donors (Lipinski definition) is 1. The standard InChI is InChI=1S/C11H16N4O2/c1-9(11(16)17)14-4-6-15(7-5-14)10-8-12-2-3-13-10/h2-3,8-9H,4-7H2,1H3,(H,16,17). The van der Waals surface area contributed by atoms with E-state index in [2.05, 4.69) is 14.9 Å². The van der Waals surface area contributed by atoms with Crippen LogP contribution in [0.25, 0.3) is 0 Å². The molecule has 1 aromatic rings. The normalized spacial score (nSPS) is 19.0. The van der Waals surface area contributed by atoms with E-state index < -0.39 is 12.0 Å². The third-order valence-electron chi connectivity index (χ3n) is 3.09. The lowest BCUT2D eigenvalue weighted by atomic mass is 10.2. The molecule has 6 nitrogen and oxygen atoms in total. The molecule has 1 N–H and O–H groups in total. The molecule has 1 aliphatic rings. The van der Waals surface area contributed by atoms with E-state index in [4.69, 9.17) is 5.11 Å². The smallest absolute Gasteiger partial charge is 0.320 e. The lowest BCUT2D eigenvalue weighted by Crippen LogP contribution is -2.52. The SMILES string of the molecule is CC(C(=O)O)N1CCN(c2cnccn2)CC1. The Kier molecular flexibility index (Phi) is 3.53. The van der Waals surface area contributed by atoms with Gasteiger partial charge in [0, 0.05) is 38.6 Å². The highest BCUT2D eigenvalue weighted by atomic mass is 16.4. The Morgan fingerprint density at radius 2 is 2.06 bits per heavy atom. The van der Waals surface area contributed by atoms with Crippen molar-refractivity contribution in [3.8, 4) is 0 Å². The first-order valence-corrected chi connectivity index (χ1v) is 5.66. The number of carboxylic acids is 1. The minimum Gasteiger partial charge on any atom is -0.480 e. The van der Waals surface area contributed by atoms with Gasteiger partial charge in [0.1, 0.15) is 11.9 Å². The number of hydrogen-bond acceptors (Lipinski definition) is 5. The fourth-order valence-electron chi connectivity index (χ4n) is 1.95. The molecule has 0 saturated carbocycles. The number of carbonyl (C=O) groups is 1. The third kappa shape index (κ3) is 2.71. The highest BCUT2D eigenvalue weighted by Gasteiger charge is 2.25. The van der Waals surface area contributed by atoms with Crippen molar-refractivity contribution < 1.29 is 9.90 Å². The summed E-state index contributed by atoms with van der Waals surface area (Å²) >= 11 is 0. The highest BCUT2D eigenvalue weighted by Crippen LogP contribution is 2.12. The molecular formula is C11H16N4O2. The Hall–Kier alpha value is -1.69. The van der Waals surface area contributed by atoms with Crippen LogP contribution < -0.4 is 4.90 Å². The monoisotopic (exact) mass is 236 g/mol. The van der Waals surface area contributed by atoms with Crippen molar-refractivity contribution in [1.29, 1.82) is 0 Å². The van der Waals surface area contributed by atoms with Gasteiger partial charge in [0.25, 0.3) is 0 Å². The van der Waals surface area contributed by atoms with E-state index in [1.165, 1.54) is 0 Å². The van der Waals surface area contributed by atoms with Crippen molar-refractivity contribution >= 4 is 11.8 Å². The van der Waals surface area contributed by atoms with Crippen LogP contribution in [0.4, 0.5) is 5.82 Å². The van der Waals surface area contributed by atoms with E-state index >= 15 is 0 Å². The Morgan fingerprint density at radius 1 is 1.35 bits per heavy atom. The van der Waals surface area contributed by atoms with E-state index in [0.29, 0.717) is 0 Å². The van der Waals surface area contributed by atoms with Crippen LogP contribution in [0.3, 0.4) is 0 Å². The van der Waals surface area contributed by atoms with Crippen molar-refractivity contribution in [3.63, 3.8) is 0 Å². The zero-order chi connectivity index (χ0) is 12.3. The van der Waals surface area contributed by atoms with Gasteiger partial charge in [-0.2, -0.15) is 0 Å². The van der Waals surface area contributed by atoms with Crippen LogP contribution in [0.5, 0.6) is 0 Å². The molecule has 2 heterocycles. The van der Waals surface area contributed by atoms with Gasteiger partial charge in [0.2, 0.25) is 0 Å². The second kappa shape index (κ2) is 5.09. The van der Waals surface area contributed by atoms with Gasteiger partial charge >= 0.3 is 5.97 Å². The quantitative estimate of drug-likeness (QED) is 0.801. The summed E-state index contributed by atoms with van der Waals surface area (Å²) in [6.07, 6.45) is 5.05. The average molecular weight is 236 g/mol. The molecule has 1 atom stereocenters. The van der Waals surface area contributed by atoms with E-state index in [9.17, 15) is 4.79 Å². The van der Waals surface area contributed by atoms with Crippen molar-refractivity contribution in [2.75, 3.05) is 31.1 Å². The number of carboxylic acid groups (broad SMARTS) is 1. The molecule has 1 aliphatic heterocycles. The topological polar surface area (TPSA) is 69.6 Å². The summed E-state index contributed by atoms with van der Waals surface area (Å²) in [5.41, 5.74) is 0. The molecular weight excluding hydrogens is 220 g/mol. The molecule has 2 rings (SSSR count). The van der Waals surface area contributed by atoms with Crippen LogP contribution in [0.2, 0.25) is 0 Å². The van der Waals surface area contributed by atoms with Crippen LogP contribution in [-0.2, 0) is 4.79 Å². The predicted molar refractivity (Wildman–Crippen MR) is 62.9 cm³/mol. The van der Waals surface area contributed by atoms with E-state index in [1.807, 2.05) is 4.90 Å². The van der Waals surface area contributed by atoms with E-state index in [1.54, 1.807) is 25.5 Å². The van der Waals surface area contributed by atoms with Gasteiger partial charge in [-0.1, -0.05) is 0 Å². The average Bonchev–Trinajstić information content (AvgIpc) is 2.39. The van der Waals surface area contributed by atoms with Crippen molar-refractivity contribution in [2.45, 2.75) is 13.0 Å². The molecule has 92 valence electrons. The van der Waals surface area contributed by atoms with Crippen molar-refractivity contribution in [1.82, 2.24) is 14.9 Å². The lowest BCUT2D eigenvalue weighted by molar-refractivity contribution is -0.142. The summed E-state index contributed by atoms with van der Waals surface area (Å²) in [5, 5.41) is 8.94. The van der Waals surface area contributed by atoms with Gasteiger partial charge in [-0.05, 0) is 6.92 Å². The fraction of sp³-hybridized carbons (Fsp3) is 0.545. The highest BCUT2D eigenvalue weighted by molar-refractivity contribution is 5.72. The minimum atomic E-state index is -0.766. The summed E-state index contributed by atoms with van der Waals surface area (Å²) in [4.78, 5) is 23.2. The molecule has 0 bridgehead atoms. The zero-order valence-electron chi connectivity index (χ0n) is 9.78. The van der Waals surface area contributed by atoms with Crippen LogP contribution >= 0.6 is 0 Å². The molecule has 1 unspecified atom stereocenters. The molecule has 0 aromatic carbocycles. The zero-order valence-corrected chi connectivity index (χ0v) is 9.78. The maximum absolute atomic E-state index is 10.9. The van der Waals surface area contributed by atoms with E-state index in [0.717, 1.165) is 32.0 Å². The van der Waals surface area contributed by atoms with Gasteiger partial charge in [0.05, 0.1) is 6.20 Å². The van der Waals surface area contributed by atoms with Gasteiger partial charge < -0.3 is 10.0 Å². The Balaban J connectivity index is 1.93. The maximum Gasteiger partial charge on any atom is 0.320 e. The Morgan fingerprint density at radius 3 is 2.59 bits per heavy atom. The van der Waals surface area contributed by atoms with Gasteiger partial charge in [-0.3, -0.25) is 14.7 Å². The predicted octanol–water partition coefficient (Wildman–Crippen LogP) is 0.0717. The molecule has 6 heteroatoms. The van der Waals surface area contributed by atoms with Crippen molar-refractivity contribution in [3.05, 3.63) is 18.6 Å². The summed E-state index contributed by atoms with van der Waals surface area (Å²) in [5.74, 6) is 0.0908. The summed E-state index contributed by atoms with van der Waals surface area (Å²) in [6.45, 7) is 4.78. The first-order valence-electron chi connectivity index (χ1n) is 5.66. The lowest BCUT2D eigenvalue weighted by Gasteiger charge is -2.36. The molecule has 0 aliphatic carbocycles. The van der Waals surface area contributed by atoms with Crippen LogP contribution in [-0.4, -0.2) is 58.2 Å². The third-order valence-corrected chi connectivity index (χ3v) is 3.09. The van der Waals surface area contributed by atoms with Crippen LogP contribution in [0.15, 0.2) is 18.6 Å². The molecule has 1 fully saturated rings. The second-order valence-electron chi connectivity index (χ2n) is 4.10. The number of rotatable bonds is 3. The summed E-state index contributed by atoms with van der Waals surface area (Å²) < 4.78 is 0. The molecule has 17 heavy (non-hydrogen) atoms. The largest absolute Gasteiger partial charge is 0.480 e. The van der Waals surface area contributed by atoms with Gasteiger partial charge in [-0.15, -0.1) is 0 Å². The number of aliphatic carboxylic acids is 1. The molecule has 1 saturated heterocycles. The fourth-order valence-corrected chi connectivity index (χ4v) is 1.95. The second-order valence-corrected chi connectivity index (χ2v) is 4.10. The van der Waals surface area contributed by atoms with Crippen LogP contribution in [0.1, 0.15) is 6.92 Å². The molecule has 0 amide bonds. The molecule has 0 radical (unpaired) electrons. The molecule has 1 aromatic heterocycles.